The van der Waals surface area contributed by atoms with Crippen LogP contribution >= 0.6 is 11.6 Å². The van der Waals surface area contributed by atoms with Crippen LogP contribution in [0.2, 0.25) is 5.02 Å². The summed E-state index contributed by atoms with van der Waals surface area (Å²) in [5.41, 5.74) is -0.253. The van der Waals surface area contributed by atoms with Gasteiger partial charge < -0.3 is 34.3 Å². The average molecular weight is 591 g/mol. The van der Waals surface area contributed by atoms with E-state index in [4.69, 9.17) is 35.3 Å². The summed E-state index contributed by atoms with van der Waals surface area (Å²) in [4.78, 5) is 21.0. The number of alkyl halides is 3. The van der Waals surface area contributed by atoms with E-state index in [1.165, 1.54) is 12.4 Å². The summed E-state index contributed by atoms with van der Waals surface area (Å²) in [7, 11) is 1.57. The molecule has 1 aliphatic heterocycles. The Hall–Kier alpha value is -4.49. The number of methoxy groups -OCH3 is 1. The molecule has 0 saturated carbocycles. The summed E-state index contributed by atoms with van der Waals surface area (Å²) in [6.45, 7) is 1.35. The first-order valence-electron chi connectivity index (χ1n) is 12.1. The number of hydrogen-bond acceptors (Lipinski definition) is 8. The minimum Gasteiger partial charge on any atom is -0.487 e. The summed E-state index contributed by atoms with van der Waals surface area (Å²) in [6, 6.07) is 10.3. The van der Waals surface area contributed by atoms with Crippen molar-refractivity contribution in [2.75, 3.05) is 44.2 Å². The monoisotopic (exact) mass is 590 g/mol. The standard InChI is InChI=1S/C27H22ClF3N4O6/c1-37-8-9-38-21-13-20-22(24-23(21)39-10-11-40-24)25(33-14-32-20)41-17-5-2-15(3-6-17)34-26(36)35-16-4-7-19(28)18(12-16)27(29,30)31/h2-7,12-14H,8-11H2,1H3,(H2,34,35,36). The van der Waals surface area contributed by atoms with E-state index in [9.17, 15) is 18.0 Å². The summed E-state index contributed by atoms with van der Waals surface area (Å²) >= 11 is 5.63. The van der Waals surface area contributed by atoms with E-state index in [2.05, 4.69) is 20.6 Å². The van der Waals surface area contributed by atoms with Gasteiger partial charge in [0, 0.05) is 24.6 Å². The Labute approximate surface area is 236 Å². The van der Waals surface area contributed by atoms with E-state index in [0.717, 1.165) is 12.1 Å². The van der Waals surface area contributed by atoms with E-state index in [1.54, 1.807) is 37.4 Å². The Kier molecular flexibility index (Phi) is 8.17. The number of amides is 2. The van der Waals surface area contributed by atoms with E-state index in [1.807, 2.05) is 0 Å². The molecule has 5 rings (SSSR count). The molecule has 4 aromatic rings. The summed E-state index contributed by atoms with van der Waals surface area (Å²) in [5, 5.41) is 4.92. The van der Waals surface area contributed by atoms with Gasteiger partial charge in [0.15, 0.2) is 11.5 Å². The van der Waals surface area contributed by atoms with Crippen molar-refractivity contribution in [3.63, 3.8) is 0 Å². The fraction of sp³-hybridized carbons (Fsp3) is 0.222. The van der Waals surface area contributed by atoms with Crippen molar-refractivity contribution in [3.05, 3.63) is 65.4 Å². The van der Waals surface area contributed by atoms with Crippen molar-refractivity contribution in [3.8, 4) is 28.9 Å². The number of urea groups is 1. The zero-order valence-corrected chi connectivity index (χ0v) is 22.1. The number of nitrogens with one attached hydrogen (secondary N) is 2. The van der Waals surface area contributed by atoms with E-state index >= 15 is 0 Å². The van der Waals surface area contributed by atoms with Crippen LogP contribution in [-0.2, 0) is 10.9 Å². The van der Waals surface area contributed by atoms with Crippen LogP contribution in [0.4, 0.5) is 29.3 Å². The Morgan fingerprint density at radius 3 is 2.41 bits per heavy atom. The van der Waals surface area contributed by atoms with Crippen molar-refractivity contribution in [2.45, 2.75) is 6.18 Å². The van der Waals surface area contributed by atoms with Crippen molar-refractivity contribution in [1.29, 1.82) is 0 Å². The quantitative estimate of drug-likeness (QED) is 0.223. The number of halogens is 4. The van der Waals surface area contributed by atoms with E-state index in [-0.39, 0.29) is 11.6 Å². The maximum Gasteiger partial charge on any atom is 0.417 e. The van der Waals surface area contributed by atoms with Crippen molar-refractivity contribution >= 4 is 39.9 Å². The van der Waals surface area contributed by atoms with Gasteiger partial charge in [-0.15, -0.1) is 0 Å². The van der Waals surface area contributed by atoms with E-state index in [0.29, 0.717) is 66.0 Å². The fourth-order valence-corrected chi connectivity index (χ4v) is 4.16. The lowest BCUT2D eigenvalue weighted by Gasteiger charge is -2.23. The van der Waals surface area contributed by atoms with Gasteiger partial charge in [-0.2, -0.15) is 13.2 Å². The Morgan fingerprint density at radius 1 is 0.976 bits per heavy atom. The van der Waals surface area contributed by atoms with Crippen molar-refractivity contribution < 1.29 is 41.7 Å². The molecule has 0 saturated heterocycles. The average Bonchev–Trinajstić information content (AvgIpc) is 2.94. The number of anilines is 2. The first kappa shape index (κ1) is 28.1. The number of fused-ring (bicyclic) bond motifs is 3. The number of nitrogens with zero attached hydrogens (tertiary/aromatic N) is 2. The highest BCUT2D eigenvalue weighted by molar-refractivity contribution is 6.31. The topological polar surface area (TPSA) is 113 Å². The lowest BCUT2D eigenvalue weighted by Crippen LogP contribution is -2.19. The summed E-state index contributed by atoms with van der Waals surface area (Å²) in [6.07, 6.45) is -3.32. The number of benzene rings is 3. The highest BCUT2D eigenvalue weighted by Crippen LogP contribution is 2.47. The van der Waals surface area contributed by atoms with Crippen molar-refractivity contribution in [1.82, 2.24) is 9.97 Å². The SMILES string of the molecule is COCCOc1cc2ncnc(Oc3ccc(NC(=O)Nc4ccc(Cl)c(C(F)(F)F)c4)cc3)c2c2c1OCCO2. The molecular weight excluding hydrogens is 569 g/mol. The number of rotatable bonds is 8. The molecule has 0 radical (unpaired) electrons. The Bertz CT molecular complexity index is 1570. The molecule has 0 bridgehead atoms. The number of hydrogen-bond donors (Lipinski definition) is 2. The minimum absolute atomic E-state index is 0.0726. The van der Waals surface area contributed by atoms with Gasteiger partial charge in [-0.1, -0.05) is 11.6 Å². The third-order valence-electron chi connectivity index (χ3n) is 5.74. The first-order chi connectivity index (χ1) is 19.7. The van der Waals surface area contributed by atoms with Gasteiger partial charge in [0.25, 0.3) is 0 Å². The maximum absolute atomic E-state index is 13.1. The fourth-order valence-electron chi connectivity index (χ4n) is 3.93. The van der Waals surface area contributed by atoms with Crippen molar-refractivity contribution in [2.24, 2.45) is 0 Å². The van der Waals surface area contributed by atoms with E-state index < -0.39 is 22.8 Å². The molecule has 0 unspecified atom stereocenters. The minimum atomic E-state index is -4.66. The zero-order valence-electron chi connectivity index (χ0n) is 21.4. The molecule has 214 valence electrons. The Morgan fingerprint density at radius 2 is 1.68 bits per heavy atom. The largest absolute Gasteiger partial charge is 0.487 e. The van der Waals surface area contributed by atoms with Gasteiger partial charge in [0.1, 0.15) is 37.3 Å². The molecule has 0 spiro atoms. The number of carbonyl (C=O) groups is 1. The normalized spacial score (nSPS) is 12.6. The number of aromatic nitrogens is 2. The molecule has 0 aliphatic carbocycles. The van der Waals surface area contributed by atoms with Gasteiger partial charge in [0.05, 0.1) is 22.7 Å². The second kappa shape index (κ2) is 11.9. The molecule has 3 aromatic carbocycles. The lowest BCUT2D eigenvalue weighted by atomic mass is 10.1. The lowest BCUT2D eigenvalue weighted by molar-refractivity contribution is -0.137. The predicted octanol–water partition coefficient (Wildman–Crippen LogP) is 6.53. The second-order valence-corrected chi connectivity index (χ2v) is 8.95. The van der Waals surface area contributed by atoms with Crippen LogP contribution in [0.1, 0.15) is 5.56 Å². The molecule has 2 heterocycles. The van der Waals surface area contributed by atoms with Crippen LogP contribution in [0.15, 0.2) is 54.9 Å². The molecule has 2 amide bonds. The maximum atomic E-state index is 13.1. The van der Waals surface area contributed by atoms with Crippen LogP contribution in [0.5, 0.6) is 28.9 Å². The molecule has 41 heavy (non-hydrogen) atoms. The van der Waals surface area contributed by atoms with Gasteiger partial charge in [-0.25, -0.2) is 14.8 Å². The predicted molar refractivity (Wildman–Crippen MR) is 144 cm³/mol. The van der Waals surface area contributed by atoms with Gasteiger partial charge in [0.2, 0.25) is 11.6 Å². The third kappa shape index (κ3) is 6.47. The second-order valence-electron chi connectivity index (χ2n) is 8.54. The summed E-state index contributed by atoms with van der Waals surface area (Å²) < 4.78 is 67.8. The van der Waals surface area contributed by atoms with Gasteiger partial charge in [-0.3, -0.25) is 0 Å². The molecule has 0 fully saturated rings. The molecule has 10 nitrogen and oxygen atoms in total. The first-order valence-corrected chi connectivity index (χ1v) is 12.5. The Balaban J connectivity index is 1.31. The summed E-state index contributed by atoms with van der Waals surface area (Å²) in [5.74, 6) is 1.85. The zero-order chi connectivity index (χ0) is 29.0. The van der Waals surface area contributed by atoms with Crippen LogP contribution < -0.4 is 29.6 Å². The highest BCUT2D eigenvalue weighted by atomic mass is 35.5. The highest BCUT2D eigenvalue weighted by Gasteiger charge is 2.33. The van der Waals surface area contributed by atoms with Gasteiger partial charge >= 0.3 is 12.2 Å². The number of carbonyl (C=O) groups excluding carboxylic acids is 1. The molecular formula is C27H22ClF3N4O6. The smallest absolute Gasteiger partial charge is 0.417 e. The third-order valence-corrected chi connectivity index (χ3v) is 6.07. The van der Waals surface area contributed by atoms with Crippen LogP contribution in [0, 0.1) is 0 Å². The molecule has 2 N–H and O–H groups in total. The van der Waals surface area contributed by atoms with Crippen LogP contribution in [-0.4, -0.2) is 49.5 Å². The van der Waals surface area contributed by atoms with Crippen LogP contribution in [0.25, 0.3) is 10.9 Å². The van der Waals surface area contributed by atoms with Crippen LogP contribution in [0.3, 0.4) is 0 Å². The molecule has 1 aliphatic rings. The molecule has 0 atom stereocenters. The molecule has 1 aromatic heterocycles. The number of ether oxygens (including phenoxy) is 5. The van der Waals surface area contributed by atoms with Gasteiger partial charge in [-0.05, 0) is 42.5 Å². The molecule has 14 heteroatoms.